The van der Waals surface area contributed by atoms with Crippen LogP contribution in [-0.2, 0) is 20.5 Å². The van der Waals surface area contributed by atoms with Crippen LogP contribution in [0.4, 0.5) is 23.8 Å². The third-order valence-electron chi connectivity index (χ3n) is 10.2. The molecule has 0 unspecified atom stereocenters. The van der Waals surface area contributed by atoms with E-state index in [2.05, 4.69) is 51.7 Å². The number of carbonyl (C=O) groups excluding carboxylic acids is 3. The molecule has 0 radical (unpaired) electrons. The number of alkyl carbamates (subject to hydrolysis) is 1. The van der Waals surface area contributed by atoms with E-state index >= 15 is 0 Å². The van der Waals surface area contributed by atoms with Gasteiger partial charge in [0.1, 0.15) is 23.8 Å². The summed E-state index contributed by atoms with van der Waals surface area (Å²) < 4.78 is 45.8. The number of hydrogen-bond acceptors (Lipinski definition) is 8. The predicted molar refractivity (Wildman–Crippen MR) is 180 cm³/mol. The largest absolute Gasteiger partial charge is 0.444 e. The average Bonchev–Trinajstić information content (AvgIpc) is 3.38. The summed E-state index contributed by atoms with van der Waals surface area (Å²) in [5.74, 6) is -0.211. The maximum absolute atomic E-state index is 13.9. The number of alkyl halides is 3. The highest BCUT2D eigenvalue weighted by molar-refractivity contribution is 5.93. The number of likely N-dealkylation sites (tertiary alicyclic amines) is 1. The van der Waals surface area contributed by atoms with Gasteiger partial charge in [-0.05, 0) is 111 Å². The van der Waals surface area contributed by atoms with Crippen molar-refractivity contribution in [3.05, 3.63) is 30.1 Å². The van der Waals surface area contributed by atoms with Crippen molar-refractivity contribution >= 4 is 34.6 Å². The number of benzene rings is 1. The van der Waals surface area contributed by atoms with Crippen LogP contribution in [0, 0.1) is 5.92 Å². The monoisotopic (exact) mass is 689 g/mol. The molecule has 3 amide bonds. The highest BCUT2D eigenvalue weighted by atomic mass is 19.4. The highest BCUT2D eigenvalue weighted by Crippen LogP contribution is 2.35. The summed E-state index contributed by atoms with van der Waals surface area (Å²) in [5.41, 5.74) is -1.05. The molecule has 3 fully saturated rings. The molecule has 14 heteroatoms. The third kappa shape index (κ3) is 8.92. The number of rotatable bonds is 8. The van der Waals surface area contributed by atoms with Crippen molar-refractivity contribution in [1.29, 1.82) is 0 Å². The van der Waals surface area contributed by atoms with Crippen LogP contribution in [0.1, 0.15) is 91.5 Å². The van der Waals surface area contributed by atoms with E-state index in [4.69, 9.17) is 4.74 Å². The first-order chi connectivity index (χ1) is 23.0. The lowest BCUT2D eigenvalue weighted by Gasteiger charge is -2.45. The zero-order chi connectivity index (χ0) is 35.7. The van der Waals surface area contributed by atoms with Crippen LogP contribution in [0.3, 0.4) is 0 Å². The Bertz CT molecular complexity index is 1510. The summed E-state index contributed by atoms with van der Waals surface area (Å²) in [7, 11) is 2.09. The number of nitrogens with one attached hydrogen (secondary N) is 3. The summed E-state index contributed by atoms with van der Waals surface area (Å²) in [4.78, 5) is 52.3. The van der Waals surface area contributed by atoms with Gasteiger partial charge in [-0.2, -0.15) is 13.2 Å². The fourth-order valence-electron chi connectivity index (χ4n) is 7.41. The van der Waals surface area contributed by atoms with Gasteiger partial charge in [0.15, 0.2) is 0 Å². The number of hydrogen-bond donors (Lipinski definition) is 3. The molecule has 4 atom stereocenters. The van der Waals surface area contributed by atoms with Crippen molar-refractivity contribution in [2.45, 2.75) is 134 Å². The predicted octanol–water partition coefficient (Wildman–Crippen LogP) is 5.49. The fraction of sp³-hybridized carbons (Fsp3) is 0.686. The number of nitrogens with zero attached hydrogens (tertiary/aromatic N) is 4. The van der Waals surface area contributed by atoms with E-state index in [0.29, 0.717) is 63.0 Å². The Morgan fingerprint density at radius 3 is 2.37 bits per heavy atom. The smallest absolute Gasteiger partial charge is 0.416 e. The molecule has 270 valence electrons. The molecular weight excluding hydrogens is 639 g/mol. The SMILES string of the molecule is CC(C)N(C)[C@@H]1CC[C@H](N2CC[C@H](Nc3ncnc4ccc(C(F)(F)F)cc34)C2=O)[C@H](NC(=O)[C@H]2CC[C@H](NC(=O)OC(C)(C)C)CC2)C1. The Balaban J connectivity index is 1.26. The van der Waals surface area contributed by atoms with Gasteiger partial charge >= 0.3 is 12.3 Å². The molecule has 3 aliphatic rings. The number of aromatic nitrogens is 2. The van der Waals surface area contributed by atoms with Gasteiger partial charge in [-0.15, -0.1) is 0 Å². The zero-order valence-corrected chi connectivity index (χ0v) is 29.3. The van der Waals surface area contributed by atoms with E-state index in [0.717, 1.165) is 18.6 Å². The topological polar surface area (TPSA) is 129 Å². The Labute approximate surface area is 286 Å². The van der Waals surface area contributed by atoms with Gasteiger partial charge in [-0.25, -0.2) is 14.8 Å². The first-order valence-electron chi connectivity index (χ1n) is 17.4. The molecule has 0 bridgehead atoms. The van der Waals surface area contributed by atoms with Crippen LogP contribution >= 0.6 is 0 Å². The summed E-state index contributed by atoms with van der Waals surface area (Å²) in [6.07, 6.45) is 1.63. The zero-order valence-electron chi connectivity index (χ0n) is 29.3. The quantitative estimate of drug-likeness (QED) is 0.332. The minimum absolute atomic E-state index is 0.0344. The van der Waals surface area contributed by atoms with Crippen LogP contribution < -0.4 is 16.0 Å². The lowest BCUT2D eigenvalue weighted by Crippen LogP contribution is -2.59. The average molecular weight is 690 g/mol. The van der Waals surface area contributed by atoms with Crippen molar-refractivity contribution in [1.82, 2.24) is 30.4 Å². The Kier molecular flexibility index (Phi) is 10.9. The van der Waals surface area contributed by atoms with E-state index in [1.165, 1.54) is 12.4 Å². The standard InChI is InChI=1S/C35H50F3N7O4/c1-20(2)44(6)24-12-14-29(28(18-24)43-31(46)21-7-10-23(11-8-21)41-33(48)49-34(3,4)5)45-16-15-27(32(45)47)42-30-25-17-22(35(36,37)38)9-13-26(25)39-19-40-30/h9,13,17,19-21,23-24,27-29H,7-8,10-12,14-16,18H2,1-6H3,(H,41,48)(H,43,46)(H,39,40,42)/t21-,23-,24-,27+,28-,29+/m1/s1. The van der Waals surface area contributed by atoms with Crippen LogP contribution in [0.2, 0.25) is 0 Å². The van der Waals surface area contributed by atoms with E-state index < -0.39 is 29.5 Å². The van der Waals surface area contributed by atoms with Crippen molar-refractivity contribution in [3.63, 3.8) is 0 Å². The van der Waals surface area contributed by atoms with Gasteiger partial charge in [-0.3, -0.25) is 9.59 Å². The molecule has 0 spiro atoms. The first kappa shape index (κ1) is 36.6. The van der Waals surface area contributed by atoms with Crippen molar-refractivity contribution in [2.75, 3.05) is 18.9 Å². The van der Waals surface area contributed by atoms with E-state index in [9.17, 15) is 27.6 Å². The highest BCUT2D eigenvalue weighted by Gasteiger charge is 2.44. The second-order valence-electron chi connectivity index (χ2n) is 15.1. The molecule has 2 aliphatic carbocycles. The van der Waals surface area contributed by atoms with Gasteiger partial charge in [0.25, 0.3) is 0 Å². The molecule has 5 rings (SSSR count). The summed E-state index contributed by atoms with van der Waals surface area (Å²) >= 11 is 0. The number of amides is 3. The minimum atomic E-state index is -4.53. The van der Waals surface area contributed by atoms with Crippen LogP contribution in [0.25, 0.3) is 10.9 Å². The molecule has 11 nitrogen and oxygen atoms in total. The molecule has 1 aliphatic heterocycles. The molecule has 49 heavy (non-hydrogen) atoms. The first-order valence-corrected chi connectivity index (χ1v) is 17.4. The summed E-state index contributed by atoms with van der Waals surface area (Å²) in [6.45, 7) is 10.2. The second-order valence-corrected chi connectivity index (χ2v) is 15.1. The Morgan fingerprint density at radius 2 is 1.71 bits per heavy atom. The number of fused-ring (bicyclic) bond motifs is 1. The molecule has 2 heterocycles. The molecule has 2 aromatic rings. The number of halogens is 3. The Morgan fingerprint density at radius 1 is 1.00 bits per heavy atom. The normalized spacial score (nSPS) is 26.7. The second kappa shape index (κ2) is 14.7. The minimum Gasteiger partial charge on any atom is -0.444 e. The van der Waals surface area contributed by atoms with Crippen molar-refractivity contribution < 1.29 is 32.3 Å². The van der Waals surface area contributed by atoms with Gasteiger partial charge in [0.05, 0.1) is 23.2 Å². The molecule has 2 saturated carbocycles. The van der Waals surface area contributed by atoms with Gasteiger partial charge < -0.3 is 30.5 Å². The van der Waals surface area contributed by atoms with Crippen LogP contribution in [0.15, 0.2) is 24.5 Å². The summed E-state index contributed by atoms with van der Waals surface area (Å²) in [6, 6.07) is 2.63. The van der Waals surface area contributed by atoms with Crippen LogP contribution in [0.5, 0.6) is 0 Å². The van der Waals surface area contributed by atoms with E-state index in [1.54, 1.807) is 0 Å². The van der Waals surface area contributed by atoms with Gasteiger partial charge in [-0.1, -0.05) is 0 Å². The third-order valence-corrected chi connectivity index (χ3v) is 10.2. The van der Waals surface area contributed by atoms with E-state index in [-0.39, 0.29) is 53.1 Å². The van der Waals surface area contributed by atoms with E-state index in [1.807, 2.05) is 25.7 Å². The summed E-state index contributed by atoms with van der Waals surface area (Å²) in [5, 5.41) is 9.58. The lowest BCUT2D eigenvalue weighted by molar-refractivity contribution is -0.137. The lowest BCUT2D eigenvalue weighted by atomic mass is 9.82. The molecule has 1 aromatic carbocycles. The fourth-order valence-corrected chi connectivity index (χ4v) is 7.41. The van der Waals surface area contributed by atoms with Gasteiger partial charge in [0, 0.05) is 36.0 Å². The maximum atomic E-state index is 13.9. The number of carbonyl (C=O) groups is 3. The molecule has 1 aromatic heterocycles. The van der Waals surface area contributed by atoms with Gasteiger partial charge in [0.2, 0.25) is 11.8 Å². The van der Waals surface area contributed by atoms with Crippen molar-refractivity contribution in [3.8, 4) is 0 Å². The Hall–Kier alpha value is -3.68. The molecular formula is C35H50F3N7O4. The molecule has 3 N–H and O–H groups in total. The van der Waals surface area contributed by atoms with Crippen molar-refractivity contribution in [2.24, 2.45) is 5.92 Å². The number of anilines is 1. The molecule has 1 saturated heterocycles. The number of ether oxygens (including phenoxy) is 1. The maximum Gasteiger partial charge on any atom is 0.416 e. The van der Waals surface area contributed by atoms with Crippen LogP contribution in [-0.4, -0.2) is 93.1 Å².